The summed E-state index contributed by atoms with van der Waals surface area (Å²) in [5, 5.41) is 1.24. The van der Waals surface area contributed by atoms with Gasteiger partial charge in [0.1, 0.15) is 5.82 Å². The van der Waals surface area contributed by atoms with Crippen molar-refractivity contribution in [1.29, 1.82) is 0 Å². The van der Waals surface area contributed by atoms with E-state index in [1.165, 1.54) is 10.9 Å². The van der Waals surface area contributed by atoms with Crippen LogP contribution in [0.25, 0.3) is 10.9 Å². The molecule has 5 nitrogen and oxygen atoms in total. The monoisotopic (exact) mass is 414 g/mol. The van der Waals surface area contributed by atoms with Crippen LogP contribution in [-0.2, 0) is 24.9 Å². The maximum absolute atomic E-state index is 12.4. The molecule has 0 bridgehead atoms. The number of hydrogen-bond donors (Lipinski definition) is 2. The van der Waals surface area contributed by atoms with Crippen molar-refractivity contribution < 1.29 is 0 Å². The Hall–Kier alpha value is -1.92. The zero-order chi connectivity index (χ0) is 18.5. The van der Waals surface area contributed by atoms with E-state index in [4.69, 9.17) is 4.98 Å². The third-order valence-electron chi connectivity index (χ3n) is 4.99. The summed E-state index contributed by atoms with van der Waals surface area (Å²) in [5.74, 6) is 0.763. The summed E-state index contributed by atoms with van der Waals surface area (Å²) in [7, 11) is 0. The smallest absolute Gasteiger partial charge is 0.254 e. The van der Waals surface area contributed by atoms with Gasteiger partial charge >= 0.3 is 0 Å². The number of hydrogen-bond acceptors (Lipinski definition) is 3. The summed E-state index contributed by atoms with van der Waals surface area (Å²) in [6, 6.07) is 6.29. The van der Waals surface area contributed by atoms with Gasteiger partial charge in [0.2, 0.25) is 0 Å². The lowest BCUT2D eigenvalue weighted by Gasteiger charge is -2.28. The standard InChI is InChI=1S/C20H23BrN4O/c1-20(2,3)19-23-17-11-25(7-6-14(17)18(26)24-19)10-12-9-22-16-5-4-13(21)8-15(12)16/h4-5,8-9,22H,6-7,10-11H2,1-3H3,(H,23,24,26). The van der Waals surface area contributed by atoms with Gasteiger partial charge in [-0.25, -0.2) is 4.98 Å². The first-order chi connectivity index (χ1) is 12.3. The van der Waals surface area contributed by atoms with Crippen molar-refractivity contribution in [2.24, 2.45) is 0 Å². The van der Waals surface area contributed by atoms with Gasteiger partial charge in [-0.05, 0) is 30.2 Å². The maximum atomic E-state index is 12.4. The van der Waals surface area contributed by atoms with E-state index in [-0.39, 0.29) is 11.0 Å². The molecule has 0 amide bonds. The molecule has 0 spiro atoms. The van der Waals surface area contributed by atoms with Gasteiger partial charge in [0, 0.05) is 52.2 Å². The normalized spacial score (nSPS) is 15.4. The third kappa shape index (κ3) is 3.23. The average molecular weight is 415 g/mol. The molecule has 136 valence electrons. The Kier molecular flexibility index (Phi) is 4.28. The fourth-order valence-electron chi connectivity index (χ4n) is 3.51. The van der Waals surface area contributed by atoms with Crippen molar-refractivity contribution in [1.82, 2.24) is 19.9 Å². The number of halogens is 1. The molecule has 0 saturated heterocycles. The van der Waals surface area contributed by atoms with Crippen LogP contribution < -0.4 is 5.56 Å². The topological polar surface area (TPSA) is 64.8 Å². The number of aromatic nitrogens is 3. The summed E-state index contributed by atoms with van der Waals surface area (Å²) < 4.78 is 1.08. The lowest BCUT2D eigenvalue weighted by Crippen LogP contribution is -2.36. The molecular weight excluding hydrogens is 392 g/mol. The fourth-order valence-corrected chi connectivity index (χ4v) is 3.87. The van der Waals surface area contributed by atoms with Crippen LogP contribution >= 0.6 is 15.9 Å². The molecule has 1 aliphatic heterocycles. The minimum atomic E-state index is -0.167. The Bertz CT molecular complexity index is 1030. The Morgan fingerprint density at radius 1 is 1.31 bits per heavy atom. The lowest BCUT2D eigenvalue weighted by atomic mass is 9.95. The highest BCUT2D eigenvalue weighted by Gasteiger charge is 2.25. The van der Waals surface area contributed by atoms with Crippen molar-refractivity contribution in [2.45, 2.75) is 45.7 Å². The number of rotatable bonds is 2. The number of nitrogens with zero attached hydrogens (tertiary/aromatic N) is 2. The lowest BCUT2D eigenvalue weighted by molar-refractivity contribution is 0.240. The van der Waals surface area contributed by atoms with Crippen LogP contribution in [0.3, 0.4) is 0 Å². The van der Waals surface area contributed by atoms with Crippen LogP contribution in [0, 0.1) is 0 Å². The summed E-state index contributed by atoms with van der Waals surface area (Å²) in [6.45, 7) is 8.64. The molecule has 1 aromatic carbocycles. The number of fused-ring (bicyclic) bond motifs is 2. The molecule has 0 atom stereocenters. The van der Waals surface area contributed by atoms with Crippen LogP contribution in [0.1, 0.15) is 43.4 Å². The molecule has 0 saturated carbocycles. The molecular formula is C20H23BrN4O. The maximum Gasteiger partial charge on any atom is 0.254 e. The first-order valence-corrected chi connectivity index (χ1v) is 9.71. The summed E-state index contributed by atoms with van der Waals surface area (Å²) in [6.07, 6.45) is 2.83. The second kappa shape index (κ2) is 6.35. The number of benzene rings is 1. The van der Waals surface area contributed by atoms with Crippen molar-refractivity contribution in [3.8, 4) is 0 Å². The quantitative estimate of drug-likeness (QED) is 0.668. The van der Waals surface area contributed by atoms with Gasteiger partial charge in [-0.1, -0.05) is 36.7 Å². The van der Waals surface area contributed by atoms with Crippen LogP contribution in [0.4, 0.5) is 0 Å². The van der Waals surface area contributed by atoms with Gasteiger partial charge in [-0.3, -0.25) is 9.69 Å². The zero-order valence-electron chi connectivity index (χ0n) is 15.3. The number of H-pyrrole nitrogens is 2. The summed E-state index contributed by atoms with van der Waals surface area (Å²) >= 11 is 3.56. The van der Waals surface area contributed by atoms with Gasteiger partial charge in [0.15, 0.2) is 0 Å². The molecule has 0 unspecified atom stereocenters. The molecule has 3 aromatic rings. The first-order valence-electron chi connectivity index (χ1n) is 8.92. The molecule has 0 fully saturated rings. The minimum absolute atomic E-state index is 0.0237. The van der Waals surface area contributed by atoms with Gasteiger partial charge in [-0.2, -0.15) is 0 Å². The third-order valence-corrected chi connectivity index (χ3v) is 5.48. The molecule has 1 aliphatic rings. The Labute approximate surface area is 161 Å². The van der Waals surface area contributed by atoms with Gasteiger partial charge < -0.3 is 9.97 Å². The van der Waals surface area contributed by atoms with E-state index in [9.17, 15) is 4.79 Å². The second-order valence-corrected chi connectivity index (χ2v) is 8.97. The molecule has 26 heavy (non-hydrogen) atoms. The Morgan fingerprint density at radius 3 is 2.88 bits per heavy atom. The van der Waals surface area contributed by atoms with Crippen molar-refractivity contribution in [2.75, 3.05) is 6.54 Å². The SMILES string of the molecule is CC(C)(C)c1nc2c(c(=O)[nH]1)CCN(Cc1c[nH]c3ccc(Br)cc13)C2. The zero-order valence-corrected chi connectivity index (χ0v) is 16.9. The van der Waals surface area contributed by atoms with E-state index in [0.29, 0.717) is 6.54 Å². The van der Waals surface area contributed by atoms with E-state index < -0.39 is 0 Å². The van der Waals surface area contributed by atoms with E-state index >= 15 is 0 Å². The van der Waals surface area contributed by atoms with Crippen molar-refractivity contribution in [3.05, 3.63) is 61.9 Å². The van der Waals surface area contributed by atoms with E-state index in [0.717, 1.165) is 46.6 Å². The molecule has 0 aliphatic carbocycles. The molecule has 2 N–H and O–H groups in total. The predicted octanol–water partition coefficient (Wildman–Crippen LogP) is 3.87. The van der Waals surface area contributed by atoms with E-state index in [2.05, 4.69) is 69.9 Å². The van der Waals surface area contributed by atoms with Crippen molar-refractivity contribution in [3.63, 3.8) is 0 Å². The number of aromatic amines is 2. The van der Waals surface area contributed by atoms with Crippen LogP contribution in [0.5, 0.6) is 0 Å². The van der Waals surface area contributed by atoms with Crippen LogP contribution in [-0.4, -0.2) is 26.4 Å². The van der Waals surface area contributed by atoms with Crippen molar-refractivity contribution >= 4 is 26.8 Å². The van der Waals surface area contributed by atoms with Crippen LogP contribution in [0.2, 0.25) is 0 Å². The highest BCUT2D eigenvalue weighted by molar-refractivity contribution is 9.10. The second-order valence-electron chi connectivity index (χ2n) is 8.05. The number of nitrogens with one attached hydrogen (secondary N) is 2. The average Bonchev–Trinajstić information content (AvgIpc) is 2.96. The Morgan fingerprint density at radius 2 is 2.12 bits per heavy atom. The van der Waals surface area contributed by atoms with Crippen LogP contribution in [0.15, 0.2) is 33.7 Å². The van der Waals surface area contributed by atoms with Gasteiger partial charge in [0.25, 0.3) is 5.56 Å². The van der Waals surface area contributed by atoms with E-state index in [1.54, 1.807) is 0 Å². The highest BCUT2D eigenvalue weighted by Crippen LogP contribution is 2.26. The van der Waals surface area contributed by atoms with Gasteiger partial charge in [-0.15, -0.1) is 0 Å². The summed E-state index contributed by atoms with van der Waals surface area (Å²) in [4.78, 5) is 25.9. The van der Waals surface area contributed by atoms with Gasteiger partial charge in [0.05, 0.1) is 5.69 Å². The van der Waals surface area contributed by atoms with E-state index in [1.807, 2.05) is 6.07 Å². The highest BCUT2D eigenvalue weighted by atomic mass is 79.9. The Balaban J connectivity index is 1.63. The predicted molar refractivity (Wildman–Crippen MR) is 107 cm³/mol. The molecule has 3 heterocycles. The minimum Gasteiger partial charge on any atom is -0.361 e. The summed E-state index contributed by atoms with van der Waals surface area (Å²) in [5.41, 5.74) is 4.04. The first kappa shape index (κ1) is 17.5. The molecule has 4 rings (SSSR count). The molecule has 6 heteroatoms. The molecule has 0 radical (unpaired) electrons. The largest absolute Gasteiger partial charge is 0.361 e. The fraction of sp³-hybridized carbons (Fsp3) is 0.400. The molecule has 2 aromatic heterocycles.